The van der Waals surface area contributed by atoms with Gasteiger partial charge < -0.3 is 10.1 Å². The Morgan fingerprint density at radius 3 is 2.58 bits per heavy atom. The number of rotatable bonds is 6. The summed E-state index contributed by atoms with van der Waals surface area (Å²) >= 11 is 0. The van der Waals surface area contributed by atoms with Crippen LogP contribution in [0.25, 0.3) is 0 Å². The van der Waals surface area contributed by atoms with E-state index < -0.39 is 15.5 Å². The summed E-state index contributed by atoms with van der Waals surface area (Å²) in [6, 6.07) is 0. The van der Waals surface area contributed by atoms with Crippen LogP contribution >= 0.6 is 0 Å². The molecule has 0 spiro atoms. The molecule has 0 bridgehead atoms. The minimum atomic E-state index is -4.22. The molecule has 0 saturated heterocycles. The molecule has 0 aliphatic carbocycles. The fourth-order valence-corrected chi connectivity index (χ4v) is 1.24. The smallest absolute Gasteiger partial charge is 0.286 e. The van der Waals surface area contributed by atoms with Crippen molar-refractivity contribution in [2.45, 2.75) is 11.8 Å². The molecule has 0 aromatic heterocycles. The van der Waals surface area contributed by atoms with Gasteiger partial charge >= 0.3 is 0 Å². The lowest BCUT2D eigenvalue weighted by Gasteiger charge is -2.11. The first-order valence-electron chi connectivity index (χ1n) is 3.17. The van der Waals surface area contributed by atoms with Crippen molar-refractivity contribution in [3.05, 3.63) is 0 Å². The largest absolute Gasteiger partial charge is 0.385 e. The Kier molecular flexibility index (Phi) is 4.79. The van der Waals surface area contributed by atoms with E-state index in [1.807, 2.05) is 5.32 Å². The maximum absolute atomic E-state index is 10.5. The van der Waals surface area contributed by atoms with Crippen LogP contribution in [0.2, 0.25) is 0 Å². The summed E-state index contributed by atoms with van der Waals surface area (Å²) in [5, 5.41) is 0.676. The van der Waals surface area contributed by atoms with Crippen molar-refractivity contribution >= 4 is 16.5 Å². The zero-order valence-electron chi connectivity index (χ0n) is 6.56. The van der Waals surface area contributed by atoms with Gasteiger partial charge in [0, 0.05) is 20.1 Å². The molecule has 0 aromatic rings. The molecule has 7 heteroatoms. The maximum atomic E-state index is 10.5. The van der Waals surface area contributed by atoms with Crippen LogP contribution in [0.15, 0.2) is 0 Å². The van der Waals surface area contributed by atoms with Crippen LogP contribution in [0.3, 0.4) is 0 Å². The monoisotopic (exact) mass is 197 g/mol. The average Bonchev–Trinajstić information content (AvgIpc) is 1.95. The van der Waals surface area contributed by atoms with E-state index in [1.54, 1.807) is 0 Å². The van der Waals surface area contributed by atoms with E-state index in [0.717, 1.165) is 0 Å². The third kappa shape index (κ3) is 4.27. The molecule has 0 aromatic carbocycles. The SMILES string of the molecule is COCCC(NC=O)S(=O)(=O)O. The van der Waals surface area contributed by atoms with Gasteiger partial charge in [-0.15, -0.1) is 0 Å². The highest BCUT2D eigenvalue weighted by Crippen LogP contribution is 1.99. The lowest BCUT2D eigenvalue weighted by atomic mass is 10.4. The summed E-state index contributed by atoms with van der Waals surface area (Å²) in [5.41, 5.74) is 0. The quantitative estimate of drug-likeness (QED) is 0.420. The van der Waals surface area contributed by atoms with Crippen LogP contribution in [0, 0.1) is 0 Å². The van der Waals surface area contributed by atoms with Gasteiger partial charge in [0.15, 0.2) is 5.37 Å². The molecule has 1 amide bonds. The molecule has 0 fully saturated rings. The van der Waals surface area contributed by atoms with Gasteiger partial charge in [0.2, 0.25) is 6.41 Å². The van der Waals surface area contributed by atoms with Crippen LogP contribution in [0.1, 0.15) is 6.42 Å². The van der Waals surface area contributed by atoms with E-state index >= 15 is 0 Å². The molecule has 1 unspecified atom stereocenters. The number of amides is 1. The first-order valence-corrected chi connectivity index (χ1v) is 4.67. The molecule has 0 radical (unpaired) electrons. The first kappa shape index (κ1) is 11.3. The van der Waals surface area contributed by atoms with Crippen molar-refractivity contribution < 1.29 is 22.5 Å². The summed E-state index contributed by atoms with van der Waals surface area (Å²) in [6.45, 7) is 0.144. The molecule has 0 heterocycles. The van der Waals surface area contributed by atoms with Crippen molar-refractivity contribution in [1.29, 1.82) is 0 Å². The molecule has 2 N–H and O–H groups in total. The second kappa shape index (κ2) is 5.07. The van der Waals surface area contributed by atoms with E-state index in [-0.39, 0.29) is 19.4 Å². The number of methoxy groups -OCH3 is 1. The van der Waals surface area contributed by atoms with Gasteiger partial charge in [-0.3, -0.25) is 9.35 Å². The summed E-state index contributed by atoms with van der Waals surface area (Å²) in [6.07, 6.45) is 0.238. The second-order valence-corrected chi connectivity index (χ2v) is 3.67. The van der Waals surface area contributed by atoms with Crippen LogP contribution in [0.5, 0.6) is 0 Å². The topological polar surface area (TPSA) is 92.7 Å². The molecule has 0 aliphatic heterocycles. The maximum Gasteiger partial charge on any atom is 0.286 e. The van der Waals surface area contributed by atoms with Gasteiger partial charge in [0.25, 0.3) is 10.1 Å². The molecule has 6 nitrogen and oxygen atoms in total. The van der Waals surface area contributed by atoms with E-state index in [1.165, 1.54) is 7.11 Å². The van der Waals surface area contributed by atoms with Gasteiger partial charge in [-0.25, -0.2) is 0 Å². The number of ether oxygens (including phenoxy) is 1. The normalized spacial score (nSPS) is 13.8. The van der Waals surface area contributed by atoms with Crippen molar-refractivity contribution in [2.24, 2.45) is 0 Å². The Hall–Kier alpha value is -0.660. The van der Waals surface area contributed by atoms with Gasteiger partial charge in [0.05, 0.1) is 0 Å². The summed E-state index contributed by atoms with van der Waals surface area (Å²) in [7, 11) is -2.83. The first-order chi connectivity index (χ1) is 5.52. The molecular formula is C5H11NO5S. The standard InChI is InChI=1S/C5H11NO5S/c1-11-3-2-5(6-4-7)12(8,9)10/h4-5H,2-3H2,1H3,(H,6,7)(H,8,9,10). The van der Waals surface area contributed by atoms with Crippen molar-refractivity contribution in [1.82, 2.24) is 5.32 Å². The van der Waals surface area contributed by atoms with Crippen LogP contribution < -0.4 is 5.32 Å². The predicted octanol–water partition coefficient (Wildman–Crippen LogP) is -1.02. The number of hydrogen-bond donors (Lipinski definition) is 2. The van der Waals surface area contributed by atoms with Crippen molar-refractivity contribution in [2.75, 3.05) is 13.7 Å². The van der Waals surface area contributed by atoms with Gasteiger partial charge in [-0.1, -0.05) is 0 Å². The predicted molar refractivity (Wildman–Crippen MR) is 41.0 cm³/mol. The molecule has 0 aliphatic rings. The molecule has 0 saturated carbocycles. The number of carbonyl (C=O) groups excluding carboxylic acids is 1. The minimum Gasteiger partial charge on any atom is -0.385 e. The summed E-state index contributed by atoms with van der Waals surface area (Å²) in [4.78, 5) is 9.90. The highest BCUT2D eigenvalue weighted by Gasteiger charge is 2.21. The Bertz CT molecular complexity index is 224. The Morgan fingerprint density at radius 1 is 1.67 bits per heavy atom. The number of hydrogen-bond acceptors (Lipinski definition) is 4. The van der Waals surface area contributed by atoms with Crippen molar-refractivity contribution in [3.63, 3.8) is 0 Å². The molecule has 1 atom stereocenters. The Labute approximate surface area is 70.7 Å². The van der Waals surface area contributed by atoms with Gasteiger partial charge in [0.1, 0.15) is 0 Å². The number of carbonyl (C=O) groups is 1. The number of nitrogens with one attached hydrogen (secondary N) is 1. The van der Waals surface area contributed by atoms with Crippen LogP contribution in [-0.2, 0) is 19.6 Å². The van der Waals surface area contributed by atoms with Gasteiger partial charge in [-0.2, -0.15) is 8.42 Å². The zero-order valence-corrected chi connectivity index (χ0v) is 7.37. The summed E-state index contributed by atoms with van der Waals surface area (Å²) < 4.78 is 34.1. The highest BCUT2D eigenvalue weighted by atomic mass is 32.2. The Morgan fingerprint density at radius 2 is 2.25 bits per heavy atom. The van der Waals surface area contributed by atoms with E-state index in [4.69, 9.17) is 4.55 Å². The summed E-state index contributed by atoms with van der Waals surface area (Å²) in [5.74, 6) is 0. The minimum absolute atomic E-state index is 0.0219. The third-order valence-electron chi connectivity index (χ3n) is 1.20. The highest BCUT2D eigenvalue weighted by molar-refractivity contribution is 7.86. The molecule has 72 valence electrons. The fourth-order valence-electron chi connectivity index (χ4n) is 0.619. The zero-order chi connectivity index (χ0) is 9.61. The molecule has 12 heavy (non-hydrogen) atoms. The van der Waals surface area contributed by atoms with Crippen molar-refractivity contribution in [3.8, 4) is 0 Å². The third-order valence-corrected chi connectivity index (χ3v) is 2.29. The lowest BCUT2D eigenvalue weighted by Crippen LogP contribution is -2.36. The van der Waals surface area contributed by atoms with Gasteiger partial charge in [-0.05, 0) is 0 Å². The lowest BCUT2D eigenvalue weighted by molar-refractivity contribution is -0.109. The fraction of sp³-hybridized carbons (Fsp3) is 0.800. The Balaban J connectivity index is 4.14. The second-order valence-electron chi connectivity index (χ2n) is 2.07. The molecule has 0 rings (SSSR count). The van der Waals surface area contributed by atoms with Crippen LogP contribution in [0.4, 0.5) is 0 Å². The molecular weight excluding hydrogens is 186 g/mol. The van der Waals surface area contributed by atoms with Crippen LogP contribution in [-0.4, -0.2) is 38.5 Å². The van der Waals surface area contributed by atoms with E-state index in [2.05, 4.69) is 4.74 Å². The van der Waals surface area contributed by atoms with E-state index in [9.17, 15) is 13.2 Å². The average molecular weight is 197 g/mol. The van der Waals surface area contributed by atoms with E-state index in [0.29, 0.717) is 0 Å².